The molecule has 164 valence electrons. The number of methoxy groups -OCH3 is 1. The van der Waals surface area contributed by atoms with Gasteiger partial charge in [0.1, 0.15) is 11.5 Å². The van der Waals surface area contributed by atoms with Crippen LogP contribution in [0.3, 0.4) is 0 Å². The fraction of sp³-hybridized carbons (Fsp3) is 0.520. The summed E-state index contributed by atoms with van der Waals surface area (Å²) in [7, 11) is 1.65. The first kappa shape index (κ1) is 23.9. The second-order valence-corrected chi connectivity index (χ2v) is 7.67. The molecule has 0 radical (unpaired) electrons. The Bertz CT molecular complexity index is 730. The third-order valence-corrected chi connectivity index (χ3v) is 6.00. The summed E-state index contributed by atoms with van der Waals surface area (Å²) in [6, 6.07) is 15.3. The minimum Gasteiger partial charge on any atom is -0.497 e. The van der Waals surface area contributed by atoms with Crippen molar-refractivity contribution in [3.63, 3.8) is 0 Å². The van der Waals surface area contributed by atoms with Crippen LogP contribution in [0.2, 0.25) is 0 Å². The number of azo groups is 1. The summed E-state index contributed by atoms with van der Waals surface area (Å²) in [5.41, 5.74) is 1.60. The summed E-state index contributed by atoms with van der Waals surface area (Å²) < 4.78 is 12.3. The van der Waals surface area contributed by atoms with E-state index in [1.54, 1.807) is 7.11 Å². The van der Waals surface area contributed by atoms with Crippen LogP contribution in [0.4, 0.5) is 11.4 Å². The van der Waals surface area contributed by atoms with Gasteiger partial charge in [0.15, 0.2) is 0 Å². The van der Waals surface area contributed by atoms with Crippen molar-refractivity contribution in [2.45, 2.75) is 46.5 Å². The molecule has 0 fully saturated rings. The maximum atomic E-state index is 5.87. The Hall–Kier alpha value is -2.40. The van der Waals surface area contributed by atoms with Gasteiger partial charge in [-0.15, -0.1) is 0 Å². The lowest BCUT2D eigenvalue weighted by molar-refractivity contribution is -0.923. The molecule has 0 spiro atoms. The highest BCUT2D eigenvalue weighted by molar-refractivity contribution is 5.44. The smallest absolute Gasteiger partial charge is 0.119 e. The average molecular weight is 413 g/mol. The van der Waals surface area contributed by atoms with Gasteiger partial charge in [-0.2, -0.15) is 10.2 Å². The van der Waals surface area contributed by atoms with Gasteiger partial charge in [-0.1, -0.05) is 0 Å². The van der Waals surface area contributed by atoms with Crippen LogP contribution < -0.4 is 9.47 Å². The van der Waals surface area contributed by atoms with E-state index in [4.69, 9.17) is 9.47 Å². The molecular weight excluding hydrogens is 374 g/mol. The topological polar surface area (TPSA) is 43.2 Å². The molecule has 0 aromatic heterocycles. The molecule has 0 saturated carbocycles. The maximum absolute atomic E-state index is 5.87. The molecule has 0 saturated heterocycles. The lowest BCUT2D eigenvalue weighted by atomic mass is 10.1. The Balaban J connectivity index is 1.65. The van der Waals surface area contributed by atoms with Crippen molar-refractivity contribution >= 4 is 11.4 Å². The number of quaternary nitrogens is 1. The van der Waals surface area contributed by atoms with E-state index in [1.165, 1.54) is 49.9 Å². The van der Waals surface area contributed by atoms with Crippen molar-refractivity contribution in [1.82, 2.24) is 0 Å². The van der Waals surface area contributed by atoms with E-state index in [2.05, 4.69) is 31.0 Å². The average Bonchev–Trinajstić information content (AvgIpc) is 2.81. The zero-order valence-electron chi connectivity index (χ0n) is 19.1. The number of benzene rings is 2. The molecule has 2 rings (SSSR count). The van der Waals surface area contributed by atoms with Crippen LogP contribution in [0, 0.1) is 0 Å². The van der Waals surface area contributed by atoms with Crippen molar-refractivity contribution in [3.8, 4) is 11.5 Å². The molecule has 0 unspecified atom stereocenters. The van der Waals surface area contributed by atoms with E-state index in [0.717, 1.165) is 35.9 Å². The minimum atomic E-state index is 0.766. The molecule has 5 nitrogen and oxygen atoms in total. The van der Waals surface area contributed by atoms with Crippen LogP contribution in [-0.4, -0.2) is 44.4 Å². The fourth-order valence-corrected chi connectivity index (χ4v) is 3.61. The Morgan fingerprint density at radius 2 is 1.17 bits per heavy atom. The monoisotopic (exact) mass is 412 g/mol. The predicted octanol–water partition coefficient (Wildman–Crippen LogP) is 6.93. The molecule has 0 heterocycles. The first-order chi connectivity index (χ1) is 14.6. The van der Waals surface area contributed by atoms with Crippen LogP contribution in [0.25, 0.3) is 0 Å². The van der Waals surface area contributed by atoms with Crippen LogP contribution in [0.1, 0.15) is 46.5 Å². The SMILES string of the molecule is CC[N+](CC)(CC)CCCCCCOc1ccc(N=Nc2ccc(OC)cc2)cc1. The van der Waals surface area contributed by atoms with Crippen molar-refractivity contribution < 1.29 is 14.0 Å². The molecular formula is C25H38N3O2+. The maximum Gasteiger partial charge on any atom is 0.119 e. The van der Waals surface area contributed by atoms with Gasteiger partial charge >= 0.3 is 0 Å². The summed E-state index contributed by atoms with van der Waals surface area (Å²) in [4.78, 5) is 0. The highest BCUT2D eigenvalue weighted by Gasteiger charge is 2.19. The first-order valence-corrected chi connectivity index (χ1v) is 11.3. The van der Waals surface area contributed by atoms with Gasteiger partial charge in [0.05, 0.1) is 51.3 Å². The first-order valence-electron chi connectivity index (χ1n) is 11.3. The van der Waals surface area contributed by atoms with Gasteiger partial charge in [0.2, 0.25) is 0 Å². The number of ether oxygens (including phenoxy) is 2. The largest absolute Gasteiger partial charge is 0.497 e. The van der Waals surface area contributed by atoms with Crippen molar-refractivity contribution in [1.29, 1.82) is 0 Å². The Kier molecular flexibility index (Phi) is 10.4. The van der Waals surface area contributed by atoms with Crippen LogP contribution >= 0.6 is 0 Å². The lowest BCUT2D eigenvalue weighted by Gasteiger charge is -2.35. The summed E-state index contributed by atoms with van der Waals surface area (Å²) in [6.07, 6.45) is 4.92. The number of rotatable bonds is 14. The van der Waals surface area contributed by atoms with E-state index >= 15 is 0 Å². The van der Waals surface area contributed by atoms with Gasteiger partial charge in [-0.3, -0.25) is 0 Å². The molecule has 2 aromatic rings. The van der Waals surface area contributed by atoms with Gasteiger partial charge < -0.3 is 14.0 Å². The molecule has 30 heavy (non-hydrogen) atoms. The van der Waals surface area contributed by atoms with Crippen LogP contribution in [0.5, 0.6) is 11.5 Å². The van der Waals surface area contributed by atoms with Gasteiger partial charge in [0.25, 0.3) is 0 Å². The van der Waals surface area contributed by atoms with E-state index in [-0.39, 0.29) is 0 Å². The van der Waals surface area contributed by atoms with Crippen molar-refractivity contribution in [2.75, 3.05) is 39.9 Å². The number of hydrogen-bond acceptors (Lipinski definition) is 4. The molecule has 0 aliphatic heterocycles. The zero-order valence-corrected chi connectivity index (χ0v) is 19.1. The van der Waals surface area contributed by atoms with Crippen LogP contribution in [-0.2, 0) is 0 Å². The lowest BCUT2D eigenvalue weighted by Crippen LogP contribution is -2.48. The molecule has 0 amide bonds. The molecule has 0 N–H and O–H groups in total. The van der Waals surface area contributed by atoms with E-state index in [0.29, 0.717) is 0 Å². The van der Waals surface area contributed by atoms with E-state index < -0.39 is 0 Å². The van der Waals surface area contributed by atoms with Crippen LogP contribution in [0.15, 0.2) is 58.8 Å². The highest BCUT2D eigenvalue weighted by atomic mass is 16.5. The van der Waals surface area contributed by atoms with E-state index in [1.807, 2.05) is 48.5 Å². The normalized spacial score (nSPS) is 11.7. The fourth-order valence-electron chi connectivity index (χ4n) is 3.61. The van der Waals surface area contributed by atoms with Gasteiger partial charge in [0, 0.05) is 0 Å². The highest BCUT2D eigenvalue weighted by Crippen LogP contribution is 2.23. The zero-order chi connectivity index (χ0) is 21.7. The molecule has 0 bridgehead atoms. The van der Waals surface area contributed by atoms with Gasteiger partial charge in [-0.25, -0.2) is 0 Å². The molecule has 2 aromatic carbocycles. The second-order valence-electron chi connectivity index (χ2n) is 7.67. The Morgan fingerprint density at radius 1 is 0.667 bits per heavy atom. The molecule has 0 aliphatic rings. The van der Waals surface area contributed by atoms with E-state index in [9.17, 15) is 0 Å². The summed E-state index contributed by atoms with van der Waals surface area (Å²) in [5, 5.41) is 8.52. The molecule has 0 atom stereocenters. The summed E-state index contributed by atoms with van der Waals surface area (Å²) in [5.74, 6) is 1.70. The van der Waals surface area contributed by atoms with Crippen molar-refractivity contribution in [3.05, 3.63) is 48.5 Å². The molecule has 5 heteroatoms. The Labute approximate surface area is 182 Å². The third-order valence-electron chi connectivity index (χ3n) is 6.00. The number of unbranched alkanes of at least 4 members (excludes halogenated alkanes) is 3. The van der Waals surface area contributed by atoms with Gasteiger partial charge in [-0.05, 0) is 95.0 Å². The predicted molar refractivity (Wildman–Crippen MR) is 124 cm³/mol. The Morgan fingerprint density at radius 3 is 1.67 bits per heavy atom. The third kappa shape index (κ3) is 7.79. The van der Waals surface area contributed by atoms with Crippen molar-refractivity contribution in [2.24, 2.45) is 10.2 Å². The second kappa shape index (κ2) is 13.0. The number of hydrogen-bond donors (Lipinski definition) is 0. The standard InChI is InChI=1S/C25H38N3O2/c1-5-28(6-2,7-3)20-10-8-9-11-21-30-25-18-14-23(15-19-25)27-26-22-12-16-24(29-4)17-13-22/h12-19H,5-11,20-21H2,1-4H3/q+1. The molecule has 0 aliphatic carbocycles. The summed E-state index contributed by atoms with van der Waals surface area (Å²) in [6.45, 7) is 12.7. The summed E-state index contributed by atoms with van der Waals surface area (Å²) >= 11 is 0. The minimum absolute atomic E-state index is 0.766. The quantitative estimate of drug-likeness (QED) is 0.192. The number of nitrogens with zero attached hydrogens (tertiary/aromatic N) is 3.